The second-order valence-electron chi connectivity index (χ2n) is 7.84. The molecule has 0 bridgehead atoms. The van der Waals surface area contributed by atoms with Crippen LogP contribution < -0.4 is 5.32 Å². The number of likely N-dealkylation sites (tertiary alicyclic amines) is 1. The zero-order valence-corrected chi connectivity index (χ0v) is 17.3. The van der Waals surface area contributed by atoms with E-state index in [2.05, 4.69) is 12.2 Å². The summed E-state index contributed by atoms with van der Waals surface area (Å²) in [5.74, 6) is -0.0446. The number of anilines is 1. The summed E-state index contributed by atoms with van der Waals surface area (Å²) in [6, 6.07) is 6.04. The van der Waals surface area contributed by atoms with Crippen LogP contribution in [0.3, 0.4) is 0 Å². The highest BCUT2D eigenvalue weighted by Crippen LogP contribution is 2.30. The van der Waals surface area contributed by atoms with Gasteiger partial charge in [-0.25, -0.2) is 0 Å². The number of amides is 1. The maximum atomic E-state index is 13.3. The first-order valence-corrected chi connectivity index (χ1v) is 10.2. The van der Waals surface area contributed by atoms with E-state index in [1.54, 1.807) is 0 Å². The van der Waals surface area contributed by atoms with Gasteiger partial charge >= 0.3 is 5.97 Å². The molecular weight excluding hydrogens is 340 g/mol. The van der Waals surface area contributed by atoms with Gasteiger partial charge in [0.1, 0.15) is 0 Å². The molecule has 1 heterocycles. The van der Waals surface area contributed by atoms with Gasteiger partial charge in [-0.2, -0.15) is 0 Å². The van der Waals surface area contributed by atoms with Crippen LogP contribution in [0.25, 0.3) is 0 Å². The van der Waals surface area contributed by atoms with E-state index in [4.69, 9.17) is 4.74 Å². The minimum Gasteiger partial charge on any atom is -0.469 e. The summed E-state index contributed by atoms with van der Waals surface area (Å²) < 4.78 is 5.58. The lowest BCUT2D eigenvalue weighted by Gasteiger charge is -2.47. The molecule has 1 aliphatic heterocycles. The number of quaternary nitrogens is 1. The van der Waals surface area contributed by atoms with Crippen molar-refractivity contribution in [2.24, 2.45) is 0 Å². The molecule has 0 radical (unpaired) electrons. The van der Waals surface area contributed by atoms with Gasteiger partial charge in [0.15, 0.2) is 6.04 Å². The number of rotatable bonds is 8. The predicted molar refractivity (Wildman–Crippen MR) is 109 cm³/mol. The molecule has 0 saturated carbocycles. The average molecular weight is 376 g/mol. The Morgan fingerprint density at radius 2 is 1.89 bits per heavy atom. The highest BCUT2D eigenvalue weighted by Gasteiger charge is 2.43. The van der Waals surface area contributed by atoms with Gasteiger partial charge in [0.25, 0.3) is 5.91 Å². The van der Waals surface area contributed by atoms with Crippen LogP contribution >= 0.6 is 0 Å². The van der Waals surface area contributed by atoms with Gasteiger partial charge in [-0.3, -0.25) is 9.59 Å². The summed E-state index contributed by atoms with van der Waals surface area (Å²) >= 11 is 0. The number of nitrogens with one attached hydrogen (secondary N) is 1. The topological polar surface area (TPSA) is 55.4 Å². The normalized spacial score (nSPS) is 22.3. The van der Waals surface area contributed by atoms with Gasteiger partial charge in [0, 0.05) is 18.5 Å². The second-order valence-corrected chi connectivity index (χ2v) is 7.84. The summed E-state index contributed by atoms with van der Waals surface area (Å²) in [7, 11) is 1.43. The third kappa shape index (κ3) is 5.32. The zero-order chi connectivity index (χ0) is 19.9. The van der Waals surface area contributed by atoms with Crippen molar-refractivity contribution in [1.29, 1.82) is 0 Å². The van der Waals surface area contributed by atoms with Crippen molar-refractivity contribution in [3.63, 3.8) is 0 Å². The molecule has 0 aromatic heterocycles. The first kappa shape index (κ1) is 21.4. The van der Waals surface area contributed by atoms with Gasteiger partial charge in [0.2, 0.25) is 0 Å². The maximum Gasteiger partial charge on any atom is 0.305 e. The molecule has 1 N–H and O–H groups in total. The number of esters is 1. The van der Waals surface area contributed by atoms with Crippen molar-refractivity contribution in [3.8, 4) is 0 Å². The molecule has 1 aromatic rings. The Hall–Kier alpha value is -1.88. The number of methoxy groups -OCH3 is 1. The van der Waals surface area contributed by atoms with Crippen molar-refractivity contribution in [3.05, 3.63) is 29.3 Å². The fourth-order valence-electron chi connectivity index (χ4n) is 4.52. The third-order valence-electron chi connectivity index (χ3n) is 5.91. The molecule has 2 rings (SSSR count). The molecule has 5 nitrogen and oxygen atoms in total. The molecule has 150 valence electrons. The largest absolute Gasteiger partial charge is 0.469 e. The van der Waals surface area contributed by atoms with Crippen molar-refractivity contribution in [2.45, 2.75) is 65.3 Å². The fraction of sp³-hybridized carbons (Fsp3) is 0.636. The Labute approximate surface area is 163 Å². The number of carbonyl (C=O) groups excluding carboxylic acids is 2. The van der Waals surface area contributed by atoms with Crippen molar-refractivity contribution >= 4 is 17.6 Å². The number of aryl methyl sites for hydroxylation is 2. The Kier molecular flexibility index (Phi) is 7.84. The van der Waals surface area contributed by atoms with E-state index < -0.39 is 0 Å². The molecule has 1 aromatic carbocycles. The minimum absolute atomic E-state index is 0.0460. The first-order chi connectivity index (χ1) is 12.9. The van der Waals surface area contributed by atoms with Crippen molar-refractivity contribution in [1.82, 2.24) is 0 Å². The molecular formula is C22H35N2O3+. The van der Waals surface area contributed by atoms with Gasteiger partial charge in [-0.15, -0.1) is 0 Å². The van der Waals surface area contributed by atoms with E-state index in [1.807, 2.05) is 32.0 Å². The zero-order valence-electron chi connectivity index (χ0n) is 17.3. The average Bonchev–Trinajstić information content (AvgIpc) is 2.65. The van der Waals surface area contributed by atoms with Gasteiger partial charge < -0.3 is 14.5 Å². The number of nitrogens with zero attached hydrogens (tertiary/aromatic N) is 1. The highest BCUT2D eigenvalue weighted by atomic mass is 16.5. The summed E-state index contributed by atoms with van der Waals surface area (Å²) in [5.41, 5.74) is 3.13. The lowest BCUT2D eigenvalue weighted by molar-refractivity contribution is -0.947. The molecule has 1 saturated heterocycles. The Morgan fingerprint density at radius 1 is 1.19 bits per heavy atom. The highest BCUT2D eigenvalue weighted by molar-refractivity contribution is 5.95. The third-order valence-corrected chi connectivity index (χ3v) is 5.91. The number of para-hydroxylation sites is 1. The lowest BCUT2D eigenvalue weighted by atomic mass is 9.95. The maximum absolute atomic E-state index is 13.3. The summed E-state index contributed by atoms with van der Waals surface area (Å²) in [6.07, 6.45) is 5.36. The molecule has 2 unspecified atom stereocenters. The number of hydrogen-bond donors (Lipinski definition) is 1. The molecule has 0 spiro atoms. The number of carbonyl (C=O) groups is 2. The summed E-state index contributed by atoms with van der Waals surface area (Å²) in [5, 5.41) is 3.23. The van der Waals surface area contributed by atoms with E-state index in [1.165, 1.54) is 7.11 Å². The van der Waals surface area contributed by atoms with E-state index in [0.29, 0.717) is 6.42 Å². The number of piperidine rings is 1. The monoisotopic (exact) mass is 375 g/mol. The van der Waals surface area contributed by atoms with Gasteiger partial charge in [-0.1, -0.05) is 25.1 Å². The fourth-order valence-corrected chi connectivity index (χ4v) is 4.52. The van der Waals surface area contributed by atoms with Crippen LogP contribution in [0, 0.1) is 13.8 Å². The van der Waals surface area contributed by atoms with Crippen molar-refractivity contribution < 1.29 is 18.8 Å². The molecule has 1 fully saturated rings. The Balaban J connectivity index is 2.18. The number of benzene rings is 1. The predicted octanol–water partition coefficient (Wildman–Crippen LogP) is 3.97. The van der Waals surface area contributed by atoms with Crippen molar-refractivity contribution in [2.75, 3.05) is 32.1 Å². The molecule has 1 amide bonds. The second kappa shape index (κ2) is 9.88. The van der Waals surface area contributed by atoms with E-state index in [-0.39, 0.29) is 17.9 Å². The van der Waals surface area contributed by atoms with Crippen LogP contribution in [0.5, 0.6) is 0 Å². The SMILES string of the molecule is CCC[N+]1(CCCC(=O)OC)CCCCC1C(=O)Nc1c(C)cccc1C. The molecule has 27 heavy (non-hydrogen) atoms. The summed E-state index contributed by atoms with van der Waals surface area (Å²) in [4.78, 5) is 24.8. The summed E-state index contributed by atoms with van der Waals surface area (Å²) in [6.45, 7) is 9.09. The van der Waals surface area contributed by atoms with Crippen LogP contribution in [0.4, 0.5) is 5.69 Å². The van der Waals surface area contributed by atoms with Crippen LogP contribution in [0.1, 0.15) is 56.6 Å². The number of hydrogen-bond acceptors (Lipinski definition) is 3. The van der Waals surface area contributed by atoms with E-state index in [9.17, 15) is 9.59 Å². The smallest absolute Gasteiger partial charge is 0.305 e. The van der Waals surface area contributed by atoms with Gasteiger partial charge in [0.05, 0.1) is 33.2 Å². The standard InChI is InChI=1S/C22H34N2O3/c1-5-14-24(16-9-13-20(25)27-4)15-7-6-12-19(24)22(26)23-21-17(2)10-8-11-18(21)3/h8,10-11,19H,5-7,9,12-16H2,1-4H3/p+1. The van der Waals surface area contributed by atoms with Crippen LogP contribution in [-0.2, 0) is 14.3 Å². The van der Waals surface area contributed by atoms with Gasteiger partial charge in [-0.05, 0) is 44.2 Å². The molecule has 2 atom stereocenters. The minimum atomic E-state index is -0.168. The van der Waals surface area contributed by atoms with Crippen LogP contribution in [-0.4, -0.2) is 49.1 Å². The molecule has 5 heteroatoms. The van der Waals surface area contributed by atoms with E-state index >= 15 is 0 Å². The molecule has 0 aliphatic carbocycles. The molecule has 1 aliphatic rings. The quantitative estimate of drug-likeness (QED) is 0.552. The van der Waals surface area contributed by atoms with Crippen LogP contribution in [0.15, 0.2) is 18.2 Å². The van der Waals surface area contributed by atoms with Crippen LogP contribution in [0.2, 0.25) is 0 Å². The Morgan fingerprint density at radius 3 is 2.52 bits per heavy atom. The number of ether oxygens (including phenoxy) is 1. The van der Waals surface area contributed by atoms with E-state index in [0.717, 1.165) is 73.0 Å². The lowest BCUT2D eigenvalue weighted by Crippen LogP contribution is -2.63. The first-order valence-electron chi connectivity index (χ1n) is 10.2. The Bertz CT molecular complexity index is 635.